The Labute approximate surface area is 251 Å². The van der Waals surface area contributed by atoms with Crippen LogP contribution in [0.1, 0.15) is 56.7 Å². The molecule has 1 fully saturated rings. The van der Waals surface area contributed by atoms with Crippen LogP contribution in [0, 0.1) is 0 Å². The lowest BCUT2D eigenvalue weighted by Gasteiger charge is -2.42. The van der Waals surface area contributed by atoms with Crippen LogP contribution in [0.3, 0.4) is 0 Å². The molecule has 44 heavy (non-hydrogen) atoms. The van der Waals surface area contributed by atoms with Crippen LogP contribution >= 0.6 is 0 Å². The average Bonchev–Trinajstić information content (AvgIpc) is 3.41. The maximum absolute atomic E-state index is 13.4. The summed E-state index contributed by atoms with van der Waals surface area (Å²) in [7, 11) is 1.68. The summed E-state index contributed by atoms with van der Waals surface area (Å²) in [5.41, 5.74) is 1.86. The standard InChI is InChI=1S/C32H31F3N4O5/c1-39-25-12-10-23(16-28(40)36-22-14-19-4-2-3-5-20(19)15-22)44-26(25)17-43-30-24(31(39)42)11-13-27(38-30)37-29(41)18-6-8-21(9-7-18)32(33,34)35/h2-9,11,13,22-23,25-26H,10,12,14-17H2,1H3,(H,36,40)(H,37,38,41)/t23-,25-,26-/m0/s1. The number of alkyl halides is 3. The summed E-state index contributed by atoms with van der Waals surface area (Å²) >= 11 is 0. The Morgan fingerprint density at radius 2 is 1.70 bits per heavy atom. The molecule has 2 aliphatic heterocycles. The van der Waals surface area contributed by atoms with Crippen LogP contribution in [0.4, 0.5) is 19.0 Å². The zero-order chi connectivity index (χ0) is 31.0. The summed E-state index contributed by atoms with van der Waals surface area (Å²) in [6, 6.07) is 14.7. The van der Waals surface area contributed by atoms with Crippen LogP contribution in [0.5, 0.6) is 5.88 Å². The van der Waals surface area contributed by atoms with E-state index in [-0.39, 0.29) is 65.9 Å². The maximum Gasteiger partial charge on any atom is 0.416 e. The van der Waals surface area contributed by atoms with Gasteiger partial charge in [0.05, 0.1) is 24.1 Å². The van der Waals surface area contributed by atoms with Crippen LogP contribution in [-0.2, 0) is 28.5 Å². The molecule has 3 aromatic rings. The molecule has 3 aliphatic rings. The van der Waals surface area contributed by atoms with Gasteiger partial charge in [0.1, 0.15) is 24.1 Å². The zero-order valence-electron chi connectivity index (χ0n) is 23.9. The van der Waals surface area contributed by atoms with Crippen molar-refractivity contribution in [3.63, 3.8) is 0 Å². The topological polar surface area (TPSA) is 110 Å². The molecule has 0 saturated carbocycles. The van der Waals surface area contributed by atoms with Gasteiger partial charge in [0.2, 0.25) is 11.8 Å². The van der Waals surface area contributed by atoms with Gasteiger partial charge < -0.3 is 25.0 Å². The number of amides is 3. The number of rotatable bonds is 5. The first-order valence-electron chi connectivity index (χ1n) is 14.5. The zero-order valence-corrected chi connectivity index (χ0v) is 23.9. The van der Waals surface area contributed by atoms with E-state index in [2.05, 4.69) is 27.8 Å². The van der Waals surface area contributed by atoms with Gasteiger partial charge in [0, 0.05) is 18.7 Å². The molecule has 12 heteroatoms. The number of hydrogen-bond donors (Lipinski definition) is 2. The average molecular weight is 609 g/mol. The second-order valence-corrected chi connectivity index (χ2v) is 11.4. The molecule has 230 valence electrons. The summed E-state index contributed by atoms with van der Waals surface area (Å²) in [4.78, 5) is 44.8. The lowest BCUT2D eigenvalue weighted by Crippen LogP contribution is -2.54. The molecule has 3 amide bonds. The Morgan fingerprint density at radius 3 is 2.39 bits per heavy atom. The monoisotopic (exact) mass is 608 g/mol. The number of carbonyl (C=O) groups is 3. The summed E-state index contributed by atoms with van der Waals surface area (Å²) in [5, 5.41) is 5.67. The number of hydrogen-bond acceptors (Lipinski definition) is 6. The van der Waals surface area contributed by atoms with Gasteiger partial charge in [-0.15, -0.1) is 0 Å². The van der Waals surface area contributed by atoms with E-state index in [4.69, 9.17) is 9.47 Å². The van der Waals surface area contributed by atoms with E-state index in [1.165, 1.54) is 23.3 Å². The van der Waals surface area contributed by atoms with Crippen molar-refractivity contribution in [3.05, 3.63) is 88.5 Å². The number of likely N-dealkylation sites (N-methyl/N-ethyl adjacent to an activating group) is 1. The lowest BCUT2D eigenvalue weighted by atomic mass is 9.95. The molecular weight excluding hydrogens is 577 g/mol. The molecule has 0 spiro atoms. The molecule has 2 aromatic carbocycles. The first-order chi connectivity index (χ1) is 21.0. The summed E-state index contributed by atoms with van der Waals surface area (Å²) in [6.45, 7) is 0.0641. The minimum atomic E-state index is -4.51. The summed E-state index contributed by atoms with van der Waals surface area (Å²) in [5.74, 6) is -1.02. The molecule has 9 nitrogen and oxygen atoms in total. The number of nitrogens with zero attached hydrogens (tertiary/aromatic N) is 2. The van der Waals surface area contributed by atoms with E-state index in [1.54, 1.807) is 11.9 Å². The number of carbonyl (C=O) groups excluding carboxylic acids is 3. The van der Waals surface area contributed by atoms with E-state index >= 15 is 0 Å². The molecule has 6 rings (SSSR count). The summed E-state index contributed by atoms with van der Waals surface area (Å²) in [6.07, 6.45) is -2.32. The highest BCUT2D eigenvalue weighted by atomic mass is 19.4. The number of fused-ring (bicyclic) bond motifs is 3. The Balaban J connectivity index is 1.08. The molecule has 1 saturated heterocycles. The second-order valence-electron chi connectivity index (χ2n) is 11.4. The molecule has 3 atom stereocenters. The quantitative estimate of drug-likeness (QED) is 0.445. The first-order valence-corrected chi connectivity index (χ1v) is 14.5. The molecule has 2 N–H and O–H groups in total. The predicted molar refractivity (Wildman–Crippen MR) is 153 cm³/mol. The number of halogens is 3. The number of pyridine rings is 1. The minimum absolute atomic E-state index is 0.00483. The van der Waals surface area contributed by atoms with Crippen molar-refractivity contribution in [2.24, 2.45) is 0 Å². The fraction of sp³-hybridized carbons (Fsp3) is 0.375. The normalized spacial score (nSPS) is 21.7. The van der Waals surface area contributed by atoms with Crippen molar-refractivity contribution in [2.45, 2.75) is 62.6 Å². The van der Waals surface area contributed by atoms with Crippen LogP contribution in [-0.4, -0.2) is 65.6 Å². The van der Waals surface area contributed by atoms with Gasteiger partial charge >= 0.3 is 6.18 Å². The van der Waals surface area contributed by atoms with Gasteiger partial charge in [-0.3, -0.25) is 14.4 Å². The van der Waals surface area contributed by atoms with Gasteiger partial charge in [-0.25, -0.2) is 0 Å². The van der Waals surface area contributed by atoms with E-state index in [0.717, 1.165) is 37.1 Å². The summed E-state index contributed by atoms with van der Waals surface area (Å²) < 4.78 is 50.8. The van der Waals surface area contributed by atoms with Crippen LogP contribution in [0.15, 0.2) is 60.7 Å². The largest absolute Gasteiger partial charge is 0.474 e. The number of anilines is 1. The second kappa shape index (κ2) is 11.9. The van der Waals surface area contributed by atoms with Crippen molar-refractivity contribution in [1.29, 1.82) is 0 Å². The minimum Gasteiger partial charge on any atom is -0.474 e. The van der Waals surface area contributed by atoms with E-state index < -0.39 is 23.8 Å². The van der Waals surface area contributed by atoms with E-state index in [9.17, 15) is 27.6 Å². The Hall–Kier alpha value is -4.45. The Bertz CT molecular complexity index is 1550. The number of nitrogens with one attached hydrogen (secondary N) is 2. The van der Waals surface area contributed by atoms with Gasteiger partial charge in [-0.05, 0) is 73.2 Å². The van der Waals surface area contributed by atoms with Crippen molar-refractivity contribution in [2.75, 3.05) is 19.0 Å². The van der Waals surface area contributed by atoms with Gasteiger partial charge in [-0.1, -0.05) is 24.3 Å². The first kappa shape index (κ1) is 29.6. The van der Waals surface area contributed by atoms with Crippen molar-refractivity contribution < 1.29 is 37.0 Å². The number of ether oxygens (including phenoxy) is 2. The molecule has 0 bridgehead atoms. The van der Waals surface area contributed by atoms with E-state index in [1.807, 2.05) is 12.1 Å². The van der Waals surface area contributed by atoms with Gasteiger partial charge in [0.25, 0.3) is 11.8 Å². The molecule has 1 aliphatic carbocycles. The third-order valence-corrected chi connectivity index (χ3v) is 8.42. The van der Waals surface area contributed by atoms with E-state index in [0.29, 0.717) is 12.8 Å². The van der Waals surface area contributed by atoms with Crippen LogP contribution in [0.25, 0.3) is 0 Å². The Morgan fingerprint density at radius 1 is 1.00 bits per heavy atom. The number of benzene rings is 2. The highest BCUT2D eigenvalue weighted by Crippen LogP contribution is 2.32. The molecule has 3 heterocycles. The predicted octanol–water partition coefficient (Wildman–Crippen LogP) is 4.41. The highest BCUT2D eigenvalue weighted by molar-refractivity contribution is 6.04. The fourth-order valence-corrected chi connectivity index (χ4v) is 6.13. The molecule has 0 unspecified atom stereocenters. The van der Waals surface area contributed by atoms with Crippen molar-refractivity contribution in [3.8, 4) is 5.88 Å². The van der Waals surface area contributed by atoms with Crippen molar-refractivity contribution in [1.82, 2.24) is 15.2 Å². The molecular formula is C32H31F3N4O5. The maximum atomic E-state index is 13.4. The SMILES string of the molecule is CN1C(=O)c2ccc(NC(=O)c3ccc(C(F)(F)F)cc3)nc2OC[C@@H]2O[C@H](CC(=O)NC3Cc4ccccc4C3)CC[C@@H]21. The highest BCUT2D eigenvalue weighted by Gasteiger charge is 2.40. The van der Waals surface area contributed by atoms with Crippen LogP contribution in [0.2, 0.25) is 0 Å². The van der Waals surface area contributed by atoms with Gasteiger partial charge in [-0.2, -0.15) is 18.2 Å². The van der Waals surface area contributed by atoms with Crippen molar-refractivity contribution >= 4 is 23.5 Å². The molecule has 0 radical (unpaired) electrons. The third kappa shape index (κ3) is 6.26. The number of aromatic nitrogens is 1. The smallest absolute Gasteiger partial charge is 0.416 e. The lowest BCUT2D eigenvalue weighted by molar-refractivity contribution is -0.137. The third-order valence-electron chi connectivity index (χ3n) is 8.42. The molecule has 1 aromatic heterocycles. The fourth-order valence-electron chi connectivity index (χ4n) is 6.13. The van der Waals surface area contributed by atoms with Crippen LogP contribution < -0.4 is 15.4 Å². The van der Waals surface area contributed by atoms with Gasteiger partial charge in [0.15, 0.2) is 0 Å². The Kier molecular flexibility index (Phi) is 8.02.